The van der Waals surface area contributed by atoms with E-state index in [-0.39, 0.29) is 0 Å². The molecule has 1 atom stereocenters. The van der Waals surface area contributed by atoms with Crippen LogP contribution in [0, 0.1) is 5.92 Å². The van der Waals surface area contributed by atoms with E-state index in [0.717, 1.165) is 0 Å². The Morgan fingerprint density at radius 1 is 1.11 bits per heavy atom. The maximum atomic E-state index is 12.3. The predicted molar refractivity (Wildman–Crippen MR) is 44.8 cm³/mol. The molecule has 0 aliphatic heterocycles. The van der Waals surface area contributed by atoms with Crippen LogP contribution in [0.3, 0.4) is 0 Å². The quantitative estimate of drug-likeness (QED) is 0.269. The van der Waals surface area contributed by atoms with Crippen molar-refractivity contribution < 1.29 is 45.1 Å². The Morgan fingerprint density at radius 3 is 1.89 bits per heavy atom. The second-order valence-corrected chi connectivity index (χ2v) is 3.34. The number of halogens is 8. The molecule has 0 fully saturated rings. The highest BCUT2D eigenvalue weighted by Crippen LogP contribution is 2.36. The van der Waals surface area contributed by atoms with E-state index in [1.54, 1.807) is 0 Å². The fourth-order valence-corrected chi connectivity index (χ4v) is 0.804. The Balaban J connectivity index is 4.62. The number of nitrogens with zero attached hydrogens (tertiary/aromatic N) is 1. The number of hydrogen-bond acceptors (Lipinski definition) is 3. The molecule has 0 saturated heterocycles. The number of rotatable bonds is 5. The standard InChI is InChI=1S/C7H8F8N2O2/c8-5(9,7(13,14)15)2-19-1-3(4(16)17-18)6(10,11)12/h3,18H,1-2H2,(H2,16,17). The third kappa shape index (κ3) is 5.04. The molecular formula is C7H8F8N2O2. The van der Waals surface area contributed by atoms with Crippen LogP contribution in [0.4, 0.5) is 35.1 Å². The van der Waals surface area contributed by atoms with Gasteiger partial charge in [-0.05, 0) is 0 Å². The molecule has 0 rings (SSSR count). The maximum Gasteiger partial charge on any atom is 0.455 e. The first-order valence-electron chi connectivity index (χ1n) is 4.39. The second-order valence-electron chi connectivity index (χ2n) is 3.34. The Kier molecular flexibility index (Phi) is 5.35. The van der Waals surface area contributed by atoms with Crippen LogP contribution in [0.5, 0.6) is 0 Å². The van der Waals surface area contributed by atoms with E-state index in [9.17, 15) is 35.1 Å². The normalized spacial score (nSPS) is 16.5. The molecule has 19 heavy (non-hydrogen) atoms. The van der Waals surface area contributed by atoms with Crippen molar-refractivity contribution in [3.8, 4) is 0 Å². The van der Waals surface area contributed by atoms with Crippen molar-refractivity contribution in [2.45, 2.75) is 18.3 Å². The highest BCUT2D eigenvalue weighted by atomic mass is 19.4. The molecule has 0 aromatic heterocycles. The summed E-state index contributed by atoms with van der Waals surface area (Å²) in [7, 11) is 0. The molecule has 0 aliphatic carbocycles. The van der Waals surface area contributed by atoms with Crippen LogP contribution in [-0.4, -0.2) is 42.5 Å². The van der Waals surface area contributed by atoms with Crippen molar-refractivity contribution in [3.63, 3.8) is 0 Å². The van der Waals surface area contributed by atoms with Gasteiger partial charge in [0.15, 0.2) is 5.84 Å². The van der Waals surface area contributed by atoms with Gasteiger partial charge in [-0.2, -0.15) is 35.1 Å². The van der Waals surface area contributed by atoms with E-state index in [0.29, 0.717) is 0 Å². The minimum absolute atomic E-state index is 1.41. The molecule has 0 bridgehead atoms. The largest absolute Gasteiger partial charge is 0.455 e. The smallest absolute Gasteiger partial charge is 0.409 e. The third-order valence-corrected chi connectivity index (χ3v) is 1.85. The van der Waals surface area contributed by atoms with Crippen molar-refractivity contribution in [1.82, 2.24) is 0 Å². The molecule has 0 saturated carbocycles. The van der Waals surface area contributed by atoms with Crippen molar-refractivity contribution in [3.05, 3.63) is 0 Å². The molecule has 114 valence electrons. The summed E-state index contributed by atoms with van der Waals surface area (Å²) in [5, 5.41) is 10.0. The van der Waals surface area contributed by atoms with Crippen molar-refractivity contribution in [1.29, 1.82) is 0 Å². The number of oxime groups is 1. The molecule has 0 amide bonds. The van der Waals surface area contributed by atoms with E-state index in [2.05, 4.69) is 10.5 Å². The van der Waals surface area contributed by atoms with E-state index < -0.39 is 43.2 Å². The second kappa shape index (κ2) is 5.75. The van der Waals surface area contributed by atoms with Crippen LogP contribution in [0.15, 0.2) is 5.16 Å². The zero-order chi connectivity index (χ0) is 15.5. The van der Waals surface area contributed by atoms with Crippen molar-refractivity contribution in [2.24, 2.45) is 16.8 Å². The summed E-state index contributed by atoms with van der Waals surface area (Å²) < 4.78 is 100. The first kappa shape index (κ1) is 17.7. The van der Waals surface area contributed by atoms with Gasteiger partial charge in [-0.15, -0.1) is 0 Å². The summed E-state index contributed by atoms with van der Waals surface area (Å²) in [5.74, 6) is -9.50. The molecule has 0 aliphatic rings. The minimum Gasteiger partial charge on any atom is -0.409 e. The zero-order valence-corrected chi connectivity index (χ0v) is 8.90. The van der Waals surface area contributed by atoms with E-state index in [1.165, 1.54) is 0 Å². The summed E-state index contributed by atoms with van der Waals surface area (Å²) in [4.78, 5) is 0. The van der Waals surface area contributed by atoms with E-state index in [4.69, 9.17) is 5.21 Å². The van der Waals surface area contributed by atoms with Crippen LogP contribution in [0.1, 0.15) is 0 Å². The average molecular weight is 304 g/mol. The van der Waals surface area contributed by atoms with Gasteiger partial charge in [-0.3, -0.25) is 0 Å². The predicted octanol–water partition coefficient (Wildman–Crippen LogP) is 2.13. The molecule has 0 spiro atoms. The highest BCUT2D eigenvalue weighted by Gasteiger charge is 2.58. The van der Waals surface area contributed by atoms with Crippen LogP contribution < -0.4 is 5.73 Å². The van der Waals surface area contributed by atoms with Crippen LogP contribution in [0.25, 0.3) is 0 Å². The molecule has 12 heteroatoms. The SMILES string of the molecule is NC(=NO)C(COCC(F)(F)C(F)(F)F)C(F)(F)F. The number of ether oxygens (including phenoxy) is 1. The highest BCUT2D eigenvalue weighted by molar-refractivity contribution is 5.83. The van der Waals surface area contributed by atoms with Crippen molar-refractivity contribution in [2.75, 3.05) is 13.2 Å². The number of alkyl halides is 8. The Bertz CT molecular complexity index is 324. The van der Waals surface area contributed by atoms with E-state index >= 15 is 0 Å². The van der Waals surface area contributed by atoms with Crippen LogP contribution in [0.2, 0.25) is 0 Å². The molecule has 0 radical (unpaired) electrons. The van der Waals surface area contributed by atoms with Gasteiger partial charge in [-0.25, -0.2) is 0 Å². The molecule has 0 heterocycles. The molecule has 4 nitrogen and oxygen atoms in total. The summed E-state index contributed by atoms with van der Waals surface area (Å²) in [6, 6.07) is 0. The number of amidine groups is 1. The third-order valence-electron chi connectivity index (χ3n) is 1.85. The Labute approximate surface area is 100 Å². The Hall–Kier alpha value is -1.33. The van der Waals surface area contributed by atoms with Crippen LogP contribution >= 0.6 is 0 Å². The summed E-state index contributed by atoms with van der Waals surface area (Å²) in [6.45, 7) is -3.94. The fourth-order valence-electron chi connectivity index (χ4n) is 0.804. The van der Waals surface area contributed by atoms with Gasteiger partial charge in [0, 0.05) is 0 Å². The zero-order valence-electron chi connectivity index (χ0n) is 8.90. The minimum atomic E-state index is -5.95. The van der Waals surface area contributed by atoms with Gasteiger partial charge < -0.3 is 15.7 Å². The monoisotopic (exact) mass is 304 g/mol. The summed E-state index contributed by atoms with van der Waals surface area (Å²) in [6.07, 6.45) is -11.1. The lowest BCUT2D eigenvalue weighted by Gasteiger charge is -2.22. The lowest BCUT2D eigenvalue weighted by atomic mass is 10.1. The summed E-state index contributed by atoms with van der Waals surface area (Å²) >= 11 is 0. The first-order chi connectivity index (χ1) is 8.33. The van der Waals surface area contributed by atoms with Gasteiger partial charge in [0.05, 0.1) is 6.61 Å². The number of nitrogens with two attached hydrogens (primary N) is 1. The van der Waals surface area contributed by atoms with Crippen molar-refractivity contribution >= 4 is 5.84 Å². The topological polar surface area (TPSA) is 67.8 Å². The van der Waals surface area contributed by atoms with Gasteiger partial charge in [0.2, 0.25) is 0 Å². The fraction of sp³-hybridized carbons (Fsp3) is 0.857. The molecular weight excluding hydrogens is 296 g/mol. The van der Waals surface area contributed by atoms with Gasteiger partial charge >= 0.3 is 18.3 Å². The number of hydrogen-bond donors (Lipinski definition) is 2. The van der Waals surface area contributed by atoms with E-state index in [1.807, 2.05) is 5.16 Å². The molecule has 0 aromatic carbocycles. The van der Waals surface area contributed by atoms with Gasteiger partial charge in [0.1, 0.15) is 12.5 Å². The first-order valence-corrected chi connectivity index (χ1v) is 4.39. The van der Waals surface area contributed by atoms with Gasteiger partial charge in [0.25, 0.3) is 0 Å². The van der Waals surface area contributed by atoms with Crippen LogP contribution in [-0.2, 0) is 4.74 Å². The molecule has 1 unspecified atom stereocenters. The molecule has 0 aromatic rings. The lowest BCUT2D eigenvalue weighted by molar-refractivity contribution is -0.298. The lowest BCUT2D eigenvalue weighted by Crippen LogP contribution is -2.43. The molecule has 3 N–H and O–H groups in total. The van der Waals surface area contributed by atoms with Gasteiger partial charge in [-0.1, -0.05) is 5.16 Å². The summed E-state index contributed by atoms with van der Waals surface area (Å²) in [5.41, 5.74) is 4.63. The maximum absolute atomic E-state index is 12.3. The Morgan fingerprint density at radius 2 is 1.58 bits per heavy atom. The average Bonchev–Trinajstić information content (AvgIpc) is 2.20.